The lowest BCUT2D eigenvalue weighted by Gasteiger charge is -2.24. The summed E-state index contributed by atoms with van der Waals surface area (Å²) in [7, 11) is 0. The van der Waals surface area contributed by atoms with Crippen LogP contribution in [0.1, 0.15) is 31.1 Å². The first-order valence-corrected chi connectivity index (χ1v) is 7.34. The minimum Gasteiger partial charge on any atom is -0.454 e. The second-order valence-electron chi connectivity index (χ2n) is 6.47. The number of benzene rings is 1. The Hall–Kier alpha value is -2.31. The summed E-state index contributed by atoms with van der Waals surface area (Å²) >= 11 is 0. The number of nitrogen functional groups attached to an aromatic ring is 1. The Bertz CT molecular complexity index is 583. The van der Waals surface area contributed by atoms with Gasteiger partial charge in [0, 0.05) is 5.69 Å². The normalized spacial score (nSPS) is 21.1. The molecular weight excluding hydrogens is 303 g/mol. The van der Waals surface area contributed by atoms with Crippen LogP contribution in [0.3, 0.4) is 0 Å². The van der Waals surface area contributed by atoms with Crippen LogP contribution in [0.4, 0.5) is 14.9 Å². The van der Waals surface area contributed by atoms with Gasteiger partial charge in [0.2, 0.25) is 0 Å². The molecule has 1 fully saturated rings. The summed E-state index contributed by atoms with van der Waals surface area (Å²) in [5, 5.41) is 0. The molecule has 1 aliphatic heterocycles. The van der Waals surface area contributed by atoms with Crippen molar-refractivity contribution in [1.29, 1.82) is 0 Å². The first-order valence-electron chi connectivity index (χ1n) is 7.34. The van der Waals surface area contributed by atoms with Gasteiger partial charge in [-0.25, -0.2) is 14.0 Å². The molecule has 1 aliphatic rings. The molecule has 1 heterocycles. The number of likely N-dealkylation sites (tertiary alicyclic amines) is 1. The molecule has 126 valence electrons. The summed E-state index contributed by atoms with van der Waals surface area (Å²) in [4.78, 5) is 25.1. The van der Waals surface area contributed by atoms with Gasteiger partial charge >= 0.3 is 12.1 Å². The molecule has 2 rings (SSSR count). The minimum atomic E-state index is -1.44. The van der Waals surface area contributed by atoms with Crippen LogP contribution < -0.4 is 5.73 Å². The van der Waals surface area contributed by atoms with Crippen molar-refractivity contribution in [2.75, 3.05) is 18.8 Å². The number of hydrogen-bond acceptors (Lipinski definition) is 5. The van der Waals surface area contributed by atoms with E-state index in [4.69, 9.17) is 15.2 Å². The van der Waals surface area contributed by atoms with Crippen LogP contribution in [-0.4, -0.2) is 47.9 Å². The monoisotopic (exact) mass is 324 g/mol. The number of esters is 1. The lowest BCUT2D eigenvalue weighted by Crippen LogP contribution is -2.36. The maximum atomic E-state index is 14.0. The maximum Gasteiger partial charge on any atom is 0.410 e. The third-order valence-electron chi connectivity index (χ3n) is 3.26. The predicted octanol–water partition coefficient (Wildman–Crippen LogP) is 2.38. The summed E-state index contributed by atoms with van der Waals surface area (Å²) in [5.74, 6) is -0.649. The number of nitrogens with zero attached hydrogens (tertiary/aromatic N) is 1. The Morgan fingerprint density at radius 1 is 1.22 bits per heavy atom. The second kappa shape index (κ2) is 6.44. The van der Waals surface area contributed by atoms with Crippen molar-refractivity contribution in [3.63, 3.8) is 0 Å². The Balaban J connectivity index is 1.95. The average molecular weight is 324 g/mol. The first kappa shape index (κ1) is 17.1. The number of hydrogen-bond donors (Lipinski definition) is 1. The van der Waals surface area contributed by atoms with Crippen LogP contribution in [0.2, 0.25) is 0 Å². The highest BCUT2D eigenvalue weighted by atomic mass is 19.1. The molecule has 2 atom stereocenters. The van der Waals surface area contributed by atoms with Crippen molar-refractivity contribution < 1.29 is 23.5 Å². The highest BCUT2D eigenvalue weighted by molar-refractivity contribution is 5.90. The van der Waals surface area contributed by atoms with Gasteiger partial charge in [-0.2, -0.15) is 0 Å². The number of carbonyl (C=O) groups is 2. The van der Waals surface area contributed by atoms with E-state index in [1.807, 2.05) is 0 Å². The molecular formula is C16H21FN2O4. The zero-order chi connectivity index (χ0) is 17.2. The van der Waals surface area contributed by atoms with Gasteiger partial charge in [-0.3, -0.25) is 0 Å². The maximum absolute atomic E-state index is 14.0. The number of anilines is 1. The van der Waals surface area contributed by atoms with Gasteiger partial charge in [-0.1, -0.05) is 0 Å². The molecule has 1 aromatic carbocycles. The molecule has 0 saturated carbocycles. The van der Waals surface area contributed by atoms with E-state index >= 15 is 0 Å². The van der Waals surface area contributed by atoms with Gasteiger partial charge in [0.25, 0.3) is 0 Å². The Labute approximate surface area is 134 Å². The van der Waals surface area contributed by atoms with Crippen molar-refractivity contribution >= 4 is 17.7 Å². The largest absolute Gasteiger partial charge is 0.454 e. The molecule has 0 bridgehead atoms. The number of rotatable bonds is 2. The summed E-state index contributed by atoms with van der Waals surface area (Å²) in [5.41, 5.74) is 5.67. The van der Waals surface area contributed by atoms with E-state index in [1.54, 1.807) is 32.9 Å². The molecule has 2 N–H and O–H groups in total. The molecule has 23 heavy (non-hydrogen) atoms. The number of halogens is 1. The zero-order valence-corrected chi connectivity index (χ0v) is 13.4. The summed E-state index contributed by atoms with van der Waals surface area (Å²) in [6.45, 7) is 5.00. The molecule has 0 radical (unpaired) electrons. The number of amides is 1. The van der Waals surface area contributed by atoms with Crippen molar-refractivity contribution in [3.05, 3.63) is 29.8 Å². The quantitative estimate of drug-likeness (QED) is 0.667. The Kier molecular flexibility index (Phi) is 4.77. The smallest absolute Gasteiger partial charge is 0.410 e. The number of alkyl halides is 1. The SMILES string of the molecule is CC(C)(C)OC(=O)N1CC(F)C(OC(=O)c2ccc(N)cc2)C1. The van der Waals surface area contributed by atoms with Crippen molar-refractivity contribution in [2.24, 2.45) is 0 Å². The number of ether oxygens (including phenoxy) is 2. The van der Waals surface area contributed by atoms with Crippen LogP contribution >= 0.6 is 0 Å². The predicted molar refractivity (Wildman–Crippen MR) is 82.8 cm³/mol. The van der Waals surface area contributed by atoms with E-state index in [1.165, 1.54) is 17.0 Å². The lowest BCUT2D eigenvalue weighted by atomic mass is 10.2. The Morgan fingerprint density at radius 2 is 1.83 bits per heavy atom. The lowest BCUT2D eigenvalue weighted by molar-refractivity contribution is 0.0140. The zero-order valence-electron chi connectivity index (χ0n) is 13.4. The van der Waals surface area contributed by atoms with Crippen molar-refractivity contribution in [1.82, 2.24) is 4.90 Å². The molecule has 0 aliphatic carbocycles. The molecule has 6 nitrogen and oxygen atoms in total. The summed E-state index contributed by atoms with van der Waals surface area (Å²) in [6.07, 6.45) is -3.07. The average Bonchev–Trinajstić information content (AvgIpc) is 2.79. The fourth-order valence-corrected chi connectivity index (χ4v) is 2.15. The van der Waals surface area contributed by atoms with Crippen LogP contribution in [0.5, 0.6) is 0 Å². The first-order chi connectivity index (χ1) is 10.7. The third kappa shape index (κ3) is 4.58. The van der Waals surface area contributed by atoms with Crippen LogP contribution in [0.25, 0.3) is 0 Å². The number of nitrogens with two attached hydrogens (primary N) is 1. The van der Waals surface area contributed by atoms with Crippen LogP contribution in [-0.2, 0) is 9.47 Å². The molecule has 1 saturated heterocycles. The van der Waals surface area contributed by atoms with Gasteiger partial charge in [0.1, 0.15) is 5.60 Å². The van der Waals surface area contributed by atoms with Crippen LogP contribution in [0, 0.1) is 0 Å². The van der Waals surface area contributed by atoms with Gasteiger partial charge in [-0.15, -0.1) is 0 Å². The molecule has 1 amide bonds. The van der Waals surface area contributed by atoms with Gasteiger partial charge < -0.3 is 20.1 Å². The molecule has 1 aromatic rings. The van der Waals surface area contributed by atoms with Crippen LogP contribution in [0.15, 0.2) is 24.3 Å². The van der Waals surface area contributed by atoms with Crippen molar-refractivity contribution in [3.8, 4) is 0 Å². The third-order valence-corrected chi connectivity index (χ3v) is 3.26. The van der Waals surface area contributed by atoms with E-state index in [-0.39, 0.29) is 18.7 Å². The van der Waals surface area contributed by atoms with E-state index in [9.17, 15) is 14.0 Å². The highest BCUT2D eigenvalue weighted by Gasteiger charge is 2.39. The van der Waals surface area contributed by atoms with Gasteiger partial charge in [-0.05, 0) is 45.0 Å². The second-order valence-corrected chi connectivity index (χ2v) is 6.47. The topological polar surface area (TPSA) is 81.9 Å². The summed E-state index contributed by atoms with van der Waals surface area (Å²) < 4.78 is 24.4. The minimum absolute atomic E-state index is 0.0310. The van der Waals surface area contributed by atoms with E-state index in [0.29, 0.717) is 5.69 Å². The standard InChI is InChI=1S/C16H21FN2O4/c1-16(2,3)23-15(21)19-8-12(17)13(9-19)22-14(20)10-4-6-11(18)7-5-10/h4-7,12-13H,8-9,18H2,1-3H3. The summed E-state index contributed by atoms with van der Waals surface area (Å²) in [6, 6.07) is 6.13. The Morgan fingerprint density at radius 3 is 2.39 bits per heavy atom. The molecule has 0 aromatic heterocycles. The number of carbonyl (C=O) groups excluding carboxylic acids is 2. The highest BCUT2D eigenvalue weighted by Crippen LogP contribution is 2.21. The van der Waals surface area contributed by atoms with Crippen molar-refractivity contribution in [2.45, 2.75) is 38.6 Å². The van der Waals surface area contributed by atoms with E-state index in [2.05, 4.69) is 0 Å². The molecule has 7 heteroatoms. The van der Waals surface area contributed by atoms with Gasteiger partial charge in [0.15, 0.2) is 12.3 Å². The fraction of sp³-hybridized carbons (Fsp3) is 0.500. The van der Waals surface area contributed by atoms with E-state index < -0.39 is 29.9 Å². The van der Waals surface area contributed by atoms with E-state index in [0.717, 1.165) is 0 Å². The van der Waals surface area contributed by atoms with Gasteiger partial charge in [0.05, 0.1) is 18.7 Å². The molecule has 2 unspecified atom stereocenters. The fourth-order valence-electron chi connectivity index (χ4n) is 2.15. The molecule has 0 spiro atoms.